The van der Waals surface area contributed by atoms with Gasteiger partial charge in [0.2, 0.25) is 0 Å². The second-order valence-corrected chi connectivity index (χ2v) is 5.54. The van der Waals surface area contributed by atoms with Crippen molar-refractivity contribution in [3.05, 3.63) is 35.9 Å². The summed E-state index contributed by atoms with van der Waals surface area (Å²) in [5, 5.41) is 0. The third-order valence-corrected chi connectivity index (χ3v) is 3.44. The Morgan fingerprint density at radius 1 is 1.30 bits per heavy atom. The molecule has 0 heterocycles. The molecule has 4 nitrogen and oxygen atoms in total. The van der Waals surface area contributed by atoms with Crippen molar-refractivity contribution in [2.45, 2.75) is 44.9 Å². The maximum atomic E-state index is 11.6. The van der Waals surface area contributed by atoms with E-state index in [4.69, 9.17) is 15.2 Å². The van der Waals surface area contributed by atoms with Crippen LogP contribution in [0.4, 0.5) is 0 Å². The quantitative estimate of drug-likeness (QED) is 0.778. The van der Waals surface area contributed by atoms with Crippen LogP contribution in [0.1, 0.15) is 38.4 Å². The molecule has 4 heteroatoms. The molecule has 1 aliphatic carbocycles. The van der Waals surface area contributed by atoms with Crippen molar-refractivity contribution in [1.82, 2.24) is 0 Å². The standard InChI is InChI=1S/C16H23NO3/c1-11(17)16(18)20-12(2)15(19-10-13-8-9-13)14-6-4-3-5-7-14/h3-7,11-13,15H,8-10,17H2,1-2H3/t11-,12-,15-/m0/s1. The summed E-state index contributed by atoms with van der Waals surface area (Å²) in [5.74, 6) is 0.269. The molecule has 0 bridgehead atoms. The predicted molar refractivity (Wildman–Crippen MR) is 77.1 cm³/mol. The summed E-state index contributed by atoms with van der Waals surface area (Å²) in [6.07, 6.45) is 1.87. The molecule has 0 amide bonds. The fourth-order valence-corrected chi connectivity index (χ4v) is 2.02. The average molecular weight is 277 g/mol. The van der Waals surface area contributed by atoms with E-state index in [2.05, 4.69) is 0 Å². The van der Waals surface area contributed by atoms with Crippen molar-refractivity contribution >= 4 is 5.97 Å². The first-order valence-corrected chi connectivity index (χ1v) is 7.20. The Morgan fingerprint density at radius 3 is 2.50 bits per heavy atom. The summed E-state index contributed by atoms with van der Waals surface area (Å²) in [6.45, 7) is 4.20. The summed E-state index contributed by atoms with van der Waals surface area (Å²) in [4.78, 5) is 11.6. The molecular formula is C16H23NO3. The highest BCUT2D eigenvalue weighted by molar-refractivity contribution is 5.75. The molecule has 0 radical (unpaired) electrons. The number of benzene rings is 1. The molecule has 2 N–H and O–H groups in total. The molecule has 110 valence electrons. The van der Waals surface area contributed by atoms with E-state index in [1.165, 1.54) is 12.8 Å². The lowest BCUT2D eigenvalue weighted by Crippen LogP contribution is -2.34. The Labute approximate surface area is 120 Å². The minimum Gasteiger partial charge on any atom is -0.458 e. The van der Waals surface area contributed by atoms with Crippen LogP contribution in [0.5, 0.6) is 0 Å². The van der Waals surface area contributed by atoms with Gasteiger partial charge in [-0.25, -0.2) is 0 Å². The fraction of sp³-hybridized carbons (Fsp3) is 0.562. The van der Waals surface area contributed by atoms with E-state index in [-0.39, 0.29) is 12.2 Å². The Balaban J connectivity index is 2.02. The Morgan fingerprint density at radius 2 is 1.95 bits per heavy atom. The van der Waals surface area contributed by atoms with E-state index in [0.29, 0.717) is 5.92 Å². The summed E-state index contributed by atoms with van der Waals surface area (Å²) in [5.41, 5.74) is 6.57. The number of ether oxygens (including phenoxy) is 2. The minimum atomic E-state index is -0.614. The number of nitrogens with two attached hydrogens (primary N) is 1. The maximum absolute atomic E-state index is 11.6. The zero-order chi connectivity index (χ0) is 14.5. The maximum Gasteiger partial charge on any atom is 0.322 e. The van der Waals surface area contributed by atoms with Gasteiger partial charge >= 0.3 is 5.97 Å². The molecule has 0 spiro atoms. The van der Waals surface area contributed by atoms with Crippen LogP contribution in [0.25, 0.3) is 0 Å². The number of carbonyl (C=O) groups excluding carboxylic acids is 1. The van der Waals surface area contributed by atoms with Crippen molar-refractivity contribution < 1.29 is 14.3 Å². The normalized spacial score (nSPS) is 19.1. The number of carbonyl (C=O) groups is 1. The number of hydrogen-bond acceptors (Lipinski definition) is 4. The molecule has 1 saturated carbocycles. The van der Waals surface area contributed by atoms with Gasteiger partial charge in [-0.3, -0.25) is 4.79 Å². The third kappa shape index (κ3) is 4.32. The lowest BCUT2D eigenvalue weighted by Gasteiger charge is -2.25. The van der Waals surface area contributed by atoms with E-state index < -0.39 is 12.0 Å². The van der Waals surface area contributed by atoms with Crippen molar-refractivity contribution in [3.63, 3.8) is 0 Å². The summed E-state index contributed by atoms with van der Waals surface area (Å²) < 4.78 is 11.4. The molecule has 1 aromatic rings. The Kier molecular flexibility index (Phi) is 5.15. The molecule has 0 aromatic heterocycles. The highest BCUT2D eigenvalue weighted by atomic mass is 16.6. The van der Waals surface area contributed by atoms with Crippen LogP contribution < -0.4 is 5.73 Å². The molecule has 1 aromatic carbocycles. The van der Waals surface area contributed by atoms with Crippen LogP contribution >= 0.6 is 0 Å². The summed E-state index contributed by atoms with van der Waals surface area (Å²) in [6, 6.07) is 9.25. The molecule has 0 unspecified atom stereocenters. The molecule has 0 aliphatic heterocycles. The van der Waals surface area contributed by atoms with Crippen LogP contribution in [0, 0.1) is 5.92 Å². The third-order valence-electron chi connectivity index (χ3n) is 3.44. The fourth-order valence-electron chi connectivity index (χ4n) is 2.02. The van der Waals surface area contributed by atoms with Gasteiger partial charge in [0.15, 0.2) is 0 Å². The van der Waals surface area contributed by atoms with E-state index >= 15 is 0 Å². The van der Waals surface area contributed by atoms with Gasteiger partial charge in [0.25, 0.3) is 0 Å². The number of hydrogen-bond donors (Lipinski definition) is 1. The second kappa shape index (κ2) is 6.86. The van der Waals surface area contributed by atoms with Crippen molar-refractivity contribution in [2.24, 2.45) is 11.7 Å². The van der Waals surface area contributed by atoms with Gasteiger partial charge in [-0.05, 0) is 38.2 Å². The van der Waals surface area contributed by atoms with Crippen LogP contribution in [0.15, 0.2) is 30.3 Å². The highest BCUT2D eigenvalue weighted by Gasteiger charge is 2.28. The second-order valence-electron chi connectivity index (χ2n) is 5.54. The van der Waals surface area contributed by atoms with Gasteiger partial charge in [0, 0.05) is 0 Å². The molecule has 20 heavy (non-hydrogen) atoms. The number of rotatable bonds is 7. The van der Waals surface area contributed by atoms with Gasteiger partial charge in [-0.15, -0.1) is 0 Å². The lowest BCUT2D eigenvalue weighted by molar-refractivity contribution is -0.158. The first-order chi connectivity index (χ1) is 9.58. The van der Waals surface area contributed by atoms with Crippen LogP contribution in [-0.4, -0.2) is 24.7 Å². The lowest BCUT2D eigenvalue weighted by atomic mass is 10.1. The van der Waals surface area contributed by atoms with Crippen molar-refractivity contribution in [1.29, 1.82) is 0 Å². The molecule has 3 atom stereocenters. The average Bonchev–Trinajstić information content (AvgIpc) is 3.24. The van der Waals surface area contributed by atoms with Gasteiger partial charge in [0.1, 0.15) is 18.2 Å². The molecular weight excluding hydrogens is 254 g/mol. The van der Waals surface area contributed by atoms with Crippen LogP contribution in [0.2, 0.25) is 0 Å². The van der Waals surface area contributed by atoms with Gasteiger partial charge in [0.05, 0.1) is 6.61 Å². The smallest absolute Gasteiger partial charge is 0.322 e. The van der Waals surface area contributed by atoms with E-state index in [9.17, 15) is 4.79 Å². The SMILES string of the molecule is C[C@H](N)C(=O)O[C@@H](C)[C@H](OCC1CC1)c1ccccc1. The molecule has 1 fully saturated rings. The van der Waals surface area contributed by atoms with Crippen LogP contribution in [-0.2, 0) is 14.3 Å². The van der Waals surface area contributed by atoms with E-state index in [1.807, 2.05) is 37.3 Å². The Bertz CT molecular complexity index is 429. The zero-order valence-corrected chi connectivity index (χ0v) is 12.1. The first-order valence-electron chi connectivity index (χ1n) is 7.20. The first kappa shape index (κ1) is 15.0. The van der Waals surface area contributed by atoms with Crippen molar-refractivity contribution in [2.75, 3.05) is 6.61 Å². The number of esters is 1. The molecule has 1 aliphatic rings. The Hall–Kier alpha value is -1.39. The van der Waals surface area contributed by atoms with Gasteiger partial charge in [-0.1, -0.05) is 30.3 Å². The zero-order valence-electron chi connectivity index (χ0n) is 12.1. The minimum absolute atomic E-state index is 0.237. The largest absolute Gasteiger partial charge is 0.458 e. The molecule has 0 saturated heterocycles. The van der Waals surface area contributed by atoms with Gasteiger partial charge < -0.3 is 15.2 Å². The molecule has 2 rings (SSSR count). The highest BCUT2D eigenvalue weighted by Crippen LogP contribution is 2.32. The van der Waals surface area contributed by atoms with Crippen LogP contribution in [0.3, 0.4) is 0 Å². The summed E-state index contributed by atoms with van der Waals surface area (Å²) in [7, 11) is 0. The predicted octanol–water partition coefficient (Wildman–Crippen LogP) is 2.43. The van der Waals surface area contributed by atoms with Gasteiger partial charge in [-0.2, -0.15) is 0 Å². The van der Waals surface area contributed by atoms with E-state index in [0.717, 1.165) is 12.2 Å². The summed E-state index contributed by atoms with van der Waals surface area (Å²) >= 11 is 0. The topological polar surface area (TPSA) is 61.6 Å². The van der Waals surface area contributed by atoms with E-state index in [1.54, 1.807) is 6.92 Å². The monoisotopic (exact) mass is 277 g/mol. The van der Waals surface area contributed by atoms with Crippen molar-refractivity contribution in [3.8, 4) is 0 Å².